The Labute approximate surface area is 168 Å². The van der Waals surface area contributed by atoms with Crippen molar-refractivity contribution in [1.82, 2.24) is 14.8 Å². The maximum absolute atomic E-state index is 13.6. The molecule has 6 nitrogen and oxygen atoms in total. The molecule has 1 aromatic rings. The van der Waals surface area contributed by atoms with E-state index < -0.39 is 11.1 Å². The molecule has 0 radical (unpaired) electrons. The van der Waals surface area contributed by atoms with E-state index in [0.717, 1.165) is 39.1 Å². The number of Topliss-reactive ketones (excluding diaryl/α,β-unsaturated/α-hetero) is 1. The van der Waals surface area contributed by atoms with Crippen LogP contribution >= 0.6 is 0 Å². The smallest absolute Gasteiger partial charge is 0.201 e. The van der Waals surface area contributed by atoms with Gasteiger partial charge in [0.05, 0.1) is 16.7 Å². The van der Waals surface area contributed by atoms with Gasteiger partial charge in [-0.1, -0.05) is 6.07 Å². The second kappa shape index (κ2) is 8.19. The maximum Gasteiger partial charge on any atom is 0.201 e. The molecule has 0 aliphatic carbocycles. The molecule has 3 heterocycles. The van der Waals surface area contributed by atoms with Gasteiger partial charge in [-0.2, -0.15) is 0 Å². The first-order valence-corrected chi connectivity index (χ1v) is 10.4. The lowest BCUT2D eigenvalue weighted by molar-refractivity contribution is -0.113. The van der Waals surface area contributed by atoms with E-state index in [1.165, 1.54) is 0 Å². The van der Waals surface area contributed by atoms with Gasteiger partial charge in [-0.15, -0.1) is 0 Å². The summed E-state index contributed by atoms with van der Waals surface area (Å²) in [5, 5.41) is 10.00. The van der Waals surface area contributed by atoms with Crippen LogP contribution in [0.15, 0.2) is 24.4 Å². The molecule has 1 N–H and O–H groups in total. The lowest BCUT2D eigenvalue weighted by Crippen LogP contribution is -2.65. The molecule has 2 fully saturated rings. The van der Waals surface area contributed by atoms with Crippen LogP contribution in [-0.2, 0) is 4.74 Å². The minimum atomic E-state index is -0.641. The summed E-state index contributed by atoms with van der Waals surface area (Å²) in [6, 6.07) is 5.55. The minimum absolute atomic E-state index is 0.120. The van der Waals surface area contributed by atoms with E-state index in [1.54, 1.807) is 6.20 Å². The van der Waals surface area contributed by atoms with Crippen molar-refractivity contribution < 1.29 is 14.6 Å². The molecular weight excluding hydrogens is 354 g/mol. The summed E-state index contributed by atoms with van der Waals surface area (Å²) in [7, 11) is 0. The highest BCUT2D eigenvalue weighted by Gasteiger charge is 2.51. The highest BCUT2D eigenvalue weighted by atomic mass is 16.5. The highest BCUT2D eigenvalue weighted by molar-refractivity contribution is 6.02. The van der Waals surface area contributed by atoms with Crippen molar-refractivity contribution in [1.29, 1.82) is 0 Å². The zero-order valence-electron chi connectivity index (χ0n) is 17.8. The molecule has 3 rings (SSSR count). The number of piperazine rings is 1. The van der Waals surface area contributed by atoms with Crippen LogP contribution in [0.2, 0.25) is 0 Å². The Morgan fingerprint density at radius 1 is 1.25 bits per heavy atom. The number of nitrogens with zero attached hydrogens (tertiary/aromatic N) is 3. The molecule has 0 spiro atoms. The van der Waals surface area contributed by atoms with Crippen LogP contribution in [0.25, 0.3) is 0 Å². The van der Waals surface area contributed by atoms with Gasteiger partial charge in [-0.05, 0) is 52.7 Å². The van der Waals surface area contributed by atoms with Gasteiger partial charge in [0, 0.05) is 51.9 Å². The molecule has 1 aromatic heterocycles. The molecule has 0 amide bonds. The van der Waals surface area contributed by atoms with Crippen LogP contribution in [0.4, 0.5) is 0 Å². The van der Waals surface area contributed by atoms with E-state index in [9.17, 15) is 9.90 Å². The van der Waals surface area contributed by atoms with Crippen molar-refractivity contribution in [2.45, 2.75) is 63.7 Å². The quantitative estimate of drug-likeness (QED) is 0.754. The summed E-state index contributed by atoms with van der Waals surface area (Å²) < 4.78 is 5.96. The number of aromatic nitrogens is 1. The van der Waals surface area contributed by atoms with Crippen LogP contribution in [-0.4, -0.2) is 81.7 Å². The van der Waals surface area contributed by atoms with Gasteiger partial charge in [0.2, 0.25) is 5.78 Å². The van der Waals surface area contributed by atoms with Crippen molar-refractivity contribution in [3.05, 3.63) is 30.1 Å². The predicted octanol–water partition coefficient (Wildman–Crippen LogP) is 2.37. The van der Waals surface area contributed by atoms with E-state index in [4.69, 9.17) is 4.74 Å². The summed E-state index contributed by atoms with van der Waals surface area (Å²) in [5.41, 5.74) is -0.985. The first-order chi connectivity index (χ1) is 13.1. The fourth-order valence-corrected chi connectivity index (χ4v) is 4.51. The van der Waals surface area contributed by atoms with Gasteiger partial charge in [0.25, 0.3) is 0 Å². The maximum atomic E-state index is 13.6. The molecule has 6 heteroatoms. The fourth-order valence-electron chi connectivity index (χ4n) is 4.51. The zero-order valence-corrected chi connectivity index (χ0v) is 17.8. The molecule has 1 atom stereocenters. The first-order valence-electron chi connectivity index (χ1n) is 10.4. The van der Waals surface area contributed by atoms with Crippen molar-refractivity contribution in [2.24, 2.45) is 0 Å². The van der Waals surface area contributed by atoms with Gasteiger partial charge >= 0.3 is 0 Å². The normalized spacial score (nSPS) is 26.9. The molecule has 156 valence electrons. The number of carbonyl (C=O) groups excluding carboxylic acids is 1. The lowest BCUT2D eigenvalue weighted by Gasteiger charge is -2.52. The molecule has 2 aliphatic heterocycles. The van der Waals surface area contributed by atoms with Gasteiger partial charge in [-0.3, -0.25) is 14.7 Å². The van der Waals surface area contributed by atoms with Gasteiger partial charge in [-0.25, -0.2) is 0 Å². The largest absolute Gasteiger partial charge is 0.390 e. The fraction of sp³-hybridized carbons (Fsp3) is 0.727. The Bertz CT molecular complexity index is 663. The molecule has 0 bridgehead atoms. The molecule has 2 aliphatic rings. The van der Waals surface area contributed by atoms with Crippen molar-refractivity contribution in [3.8, 4) is 0 Å². The Kier molecular flexibility index (Phi) is 6.25. The molecule has 1 unspecified atom stereocenters. The van der Waals surface area contributed by atoms with E-state index in [1.807, 2.05) is 32.0 Å². The Morgan fingerprint density at radius 2 is 1.96 bits per heavy atom. The molecule has 2 saturated heterocycles. The van der Waals surface area contributed by atoms with Crippen LogP contribution in [0.3, 0.4) is 0 Å². The highest BCUT2D eigenvalue weighted by Crippen LogP contribution is 2.39. The standard InChI is InChI=1S/C22H35N3O3/c1-20(2,27)8-11-24-12-14-25(15-13-24)22(9-16-28-21(3,4)17-22)19(26)18-7-5-6-10-23-18/h5-7,10,27H,8-9,11-17H2,1-4H3. The van der Waals surface area contributed by atoms with Crippen LogP contribution in [0, 0.1) is 0 Å². The lowest BCUT2D eigenvalue weighted by atomic mass is 9.75. The first kappa shape index (κ1) is 21.4. The number of ether oxygens (including phenoxy) is 1. The Hall–Kier alpha value is -1.34. The van der Waals surface area contributed by atoms with E-state index >= 15 is 0 Å². The number of aliphatic hydroxyl groups is 1. The van der Waals surface area contributed by atoms with Gasteiger partial charge < -0.3 is 14.7 Å². The van der Waals surface area contributed by atoms with Crippen LogP contribution in [0.1, 0.15) is 57.4 Å². The van der Waals surface area contributed by atoms with Crippen LogP contribution < -0.4 is 0 Å². The van der Waals surface area contributed by atoms with E-state index in [-0.39, 0.29) is 11.4 Å². The average Bonchev–Trinajstić information content (AvgIpc) is 2.65. The van der Waals surface area contributed by atoms with Crippen molar-refractivity contribution in [2.75, 3.05) is 39.3 Å². The van der Waals surface area contributed by atoms with Crippen molar-refractivity contribution in [3.63, 3.8) is 0 Å². The molecule has 28 heavy (non-hydrogen) atoms. The summed E-state index contributed by atoms with van der Waals surface area (Å²) in [6.45, 7) is 12.8. The second-order valence-corrected chi connectivity index (χ2v) is 9.50. The minimum Gasteiger partial charge on any atom is -0.390 e. The second-order valence-electron chi connectivity index (χ2n) is 9.50. The van der Waals surface area contributed by atoms with E-state index in [0.29, 0.717) is 25.1 Å². The number of ketones is 1. The number of hydrogen-bond acceptors (Lipinski definition) is 6. The third-order valence-electron chi connectivity index (χ3n) is 6.06. The van der Waals surface area contributed by atoms with Crippen LogP contribution in [0.5, 0.6) is 0 Å². The number of rotatable bonds is 6. The number of carbonyl (C=O) groups is 1. The van der Waals surface area contributed by atoms with Crippen molar-refractivity contribution >= 4 is 5.78 Å². The number of pyridine rings is 1. The van der Waals surface area contributed by atoms with E-state index in [2.05, 4.69) is 28.6 Å². The monoisotopic (exact) mass is 389 g/mol. The summed E-state index contributed by atoms with van der Waals surface area (Å²) in [5.74, 6) is 0.120. The summed E-state index contributed by atoms with van der Waals surface area (Å²) in [4.78, 5) is 22.8. The number of hydrogen-bond donors (Lipinski definition) is 1. The Morgan fingerprint density at radius 3 is 2.54 bits per heavy atom. The third-order valence-corrected chi connectivity index (χ3v) is 6.06. The Balaban J connectivity index is 1.77. The summed E-state index contributed by atoms with van der Waals surface area (Å²) in [6.07, 6.45) is 3.83. The summed E-state index contributed by atoms with van der Waals surface area (Å²) >= 11 is 0. The molecule has 0 aromatic carbocycles. The predicted molar refractivity (Wildman–Crippen MR) is 109 cm³/mol. The van der Waals surface area contributed by atoms with Gasteiger partial charge in [0.15, 0.2) is 0 Å². The third kappa shape index (κ3) is 4.98. The SMILES string of the molecule is CC(C)(O)CCN1CCN(C2(C(=O)c3ccccn3)CCOC(C)(C)C2)CC1. The molecular formula is C22H35N3O3. The molecule has 0 saturated carbocycles. The zero-order chi connectivity index (χ0) is 20.4. The van der Waals surface area contributed by atoms with Gasteiger partial charge in [0.1, 0.15) is 5.69 Å². The average molecular weight is 390 g/mol. The topological polar surface area (TPSA) is 65.9 Å².